The van der Waals surface area contributed by atoms with Crippen LogP contribution in [0.3, 0.4) is 0 Å². The van der Waals surface area contributed by atoms with E-state index in [-0.39, 0.29) is 5.69 Å². The molecule has 1 aromatic heterocycles. The van der Waals surface area contributed by atoms with Gasteiger partial charge in [-0.25, -0.2) is 4.79 Å². The summed E-state index contributed by atoms with van der Waals surface area (Å²) in [6, 6.07) is 13.7. The van der Waals surface area contributed by atoms with Gasteiger partial charge in [-0.15, -0.1) is 0 Å². The van der Waals surface area contributed by atoms with Crippen molar-refractivity contribution in [2.75, 3.05) is 17.2 Å². The highest BCUT2D eigenvalue weighted by atomic mass is 35.5. The predicted octanol–water partition coefficient (Wildman–Crippen LogP) is 4.13. The number of halogens is 1. The molecule has 0 aliphatic rings. The largest absolute Gasteiger partial charge is 0.421 e. The zero-order chi connectivity index (χ0) is 17.1. The van der Waals surface area contributed by atoms with Gasteiger partial charge in [-0.3, -0.25) is 4.79 Å². The molecule has 0 saturated heterocycles. The normalized spacial score (nSPS) is 10.6. The molecular weight excluding hydrogens is 328 g/mol. The molecule has 5 nitrogen and oxygen atoms in total. The minimum absolute atomic E-state index is 0.0838. The van der Waals surface area contributed by atoms with Crippen LogP contribution in [0.1, 0.15) is 17.3 Å². The third-order valence-corrected chi connectivity index (χ3v) is 3.73. The molecule has 3 aromatic rings. The number of rotatable bonds is 4. The van der Waals surface area contributed by atoms with Crippen molar-refractivity contribution in [1.82, 2.24) is 0 Å². The summed E-state index contributed by atoms with van der Waals surface area (Å²) in [5.41, 5.74) is 0.831. The fourth-order valence-corrected chi connectivity index (χ4v) is 2.63. The molecule has 6 heteroatoms. The standard InChI is InChI=1S/C18H15ClN2O3/c1-2-20-15-13-8-3-4-9-14(13)24-18(23)16(15)21-17(22)11-6-5-7-12(19)10-11/h3-10,20H,2H2,1H3,(H,21,22). The van der Waals surface area contributed by atoms with Gasteiger partial charge in [0, 0.05) is 22.5 Å². The minimum Gasteiger partial charge on any atom is -0.421 e. The van der Waals surface area contributed by atoms with E-state index >= 15 is 0 Å². The lowest BCUT2D eigenvalue weighted by Gasteiger charge is -2.13. The topological polar surface area (TPSA) is 71.3 Å². The third kappa shape index (κ3) is 3.12. The fraction of sp³-hybridized carbons (Fsp3) is 0.111. The van der Waals surface area contributed by atoms with Crippen LogP contribution in [0.4, 0.5) is 11.4 Å². The average Bonchev–Trinajstić information content (AvgIpc) is 2.58. The number of carbonyl (C=O) groups is 1. The van der Waals surface area contributed by atoms with Crippen molar-refractivity contribution in [3.8, 4) is 0 Å². The molecule has 0 fully saturated rings. The summed E-state index contributed by atoms with van der Waals surface area (Å²) in [6.45, 7) is 2.50. The Hall–Kier alpha value is -2.79. The lowest BCUT2D eigenvalue weighted by molar-refractivity contribution is 0.102. The van der Waals surface area contributed by atoms with Crippen molar-refractivity contribution in [2.45, 2.75) is 6.92 Å². The molecule has 1 heterocycles. The van der Waals surface area contributed by atoms with Gasteiger partial charge in [0.15, 0.2) is 5.69 Å². The van der Waals surface area contributed by atoms with Gasteiger partial charge in [0.25, 0.3) is 5.91 Å². The molecule has 0 saturated carbocycles. The number of fused-ring (bicyclic) bond motifs is 1. The van der Waals surface area contributed by atoms with Crippen LogP contribution in [0.15, 0.2) is 57.7 Å². The molecule has 0 aliphatic carbocycles. The van der Waals surface area contributed by atoms with Gasteiger partial charge in [0.2, 0.25) is 0 Å². The number of amides is 1. The number of nitrogens with one attached hydrogen (secondary N) is 2. The number of anilines is 2. The summed E-state index contributed by atoms with van der Waals surface area (Å²) in [5.74, 6) is -0.431. The van der Waals surface area contributed by atoms with Gasteiger partial charge in [0.1, 0.15) is 5.58 Å². The van der Waals surface area contributed by atoms with Gasteiger partial charge >= 0.3 is 5.63 Å². The van der Waals surface area contributed by atoms with Gasteiger partial charge in [-0.05, 0) is 37.3 Å². The maximum Gasteiger partial charge on any atom is 0.362 e. The molecule has 0 bridgehead atoms. The second kappa shape index (κ2) is 6.76. The first-order chi connectivity index (χ1) is 11.6. The van der Waals surface area contributed by atoms with Crippen LogP contribution in [0, 0.1) is 0 Å². The zero-order valence-electron chi connectivity index (χ0n) is 12.9. The van der Waals surface area contributed by atoms with E-state index in [1.165, 1.54) is 6.07 Å². The summed E-state index contributed by atoms with van der Waals surface area (Å²) < 4.78 is 5.30. The van der Waals surface area contributed by atoms with Gasteiger partial charge in [-0.2, -0.15) is 0 Å². The molecule has 0 spiro atoms. The van der Waals surface area contributed by atoms with Crippen molar-refractivity contribution in [3.63, 3.8) is 0 Å². The zero-order valence-corrected chi connectivity index (χ0v) is 13.7. The van der Waals surface area contributed by atoms with Crippen molar-refractivity contribution in [1.29, 1.82) is 0 Å². The van der Waals surface area contributed by atoms with Crippen molar-refractivity contribution in [3.05, 3.63) is 69.5 Å². The first-order valence-electron chi connectivity index (χ1n) is 7.46. The van der Waals surface area contributed by atoms with Gasteiger partial charge in [0.05, 0.1) is 5.69 Å². The SMILES string of the molecule is CCNc1c(NC(=O)c2cccc(Cl)c2)c(=O)oc2ccccc12. The summed E-state index contributed by atoms with van der Waals surface area (Å²) in [6.07, 6.45) is 0. The fourth-order valence-electron chi connectivity index (χ4n) is 2.44. The summed E-state index contributed by atoms with van der Waals surface area (Å²) in [5, 5.41) is 6.93. The lowest BCUT2D eigenvalue weighted by Crippen LogP contribution is -2.20. The molecule has 24 heavy (non-hydrogen) atoms. The van der Waals surface area contributed by atoms with Crippen molar-refractivity contribution >= 4 is 39.9 Å². The Balaban J connectivity index is 2.08. The average molecular weight is 343 g/mol. The molecule has 122 valence electrons. The highest BCUT2D eigenvalue weighted by Gasteiger charge is 2.17. The number of hydrogen-bond donors (Lipinski definition) is 2. The van der Waals surface area contributed by atoms with E-state index in [0.29, 0.717) is 28.4 Å². The Morgan fingerprint density at radius 1 is 1.12 bits per heavy atom. The summed E-state index contributed by atoms with van der Waals surface area (Å²) in [7, 11) is 0. The molecular formula is C18H15ClN2O3. The van der Waals surface area contributed by atoms with Crippen LogP contribution >= 0.6 is 11.6 Å². The van der Waals surface area contributed by atoms with Gasteiger partial charge < -0.3 is 15.1 Å². The van der Waals surface area contributed by atoms with Crippen molar-refractivity contribution < 1.29 is 9.21 Å². The molecule has 0 unspecified atom stereocenters. The van der Waals surface area contributed by atoms with E-state index < -0.39 is 11.5 Å². The minimum atomic E-state index is -0.611. The highest BCUT2D eigenvalue weighted by Crippen LogP contribution is 2.28. The molecule has 3 rings (SSSR count). The van der Waals surface area contributed by atoms with E-state index in [2.05, 4.69) is 10.6 Å². The molecule has 0 aliphatic heterocycles. The van der Waals surface area contributed by atoms with Crippen LogP contribution in [-0.4, -0.2) is 12.5 Å². The second-order valence-corrected chi connectivity index (χ2v) is 5.57. The van der Waals surface area contributed by atoms with E-state index in [4.69, 9.17) is 16.0 Å². The van der Waals surface area contributed by atoms with E-state index in [9.17, 15) is 9.59 Å². The third-order valence-electron chi connectivity index (χ3n) is 3.49. The van der Waals surface area contributed by atoms with Crippen LogP contribution in [0.5, 0.6) is 0 Å². The van der Waals surface area contributed by atoms with E-state index in [1.54, 1.807) is 30.3 Å². The monoisotopic (exact) mass is 342 g/mol. The summed E-state index contributed by atoms with van der Waals surface area (Å²) >= 11 is 5.91. The maximum absolute atomic E-state index is 12.4. The van der Waals surface area contributed by atoms with Crippen LogP contribution in [0.25, 0.3) is 11.0 Å². The summed E-state index contributed by atoms with van der Waals surface area (Å²) in [4.78, 5) is 24.7. The number of benzene rings is 2. The Kier molecular flexibility index (Phi) is 4.53. The lowest BCUT2D eigenvalue weighted by atomic mass is 10.1. The molecule has 0 radical (unpaired) electrons. The first-order valence-corrected chi connectivity index (χ1v) is 7.84. The van der Waals surface area contributed by atoms with Crippen LogP contribution < -0.4 is 16.3 Å². The highest BCUT2D eigenvalue weighted by molar-refractivity contribution is 6.31. The quantitative estimate of drug-likeness (QED) is 0.699. The molecule has 2 aromatic carbocycles. The molecule has 2 N–H and O–H groups in total. The van der Waals surface area contributed by atoms with Crippen LogP contribution in [-0.2, 0) is 0 Å². The van der Waals surface area contributed by atoms with E-state index in [0.717, 1.165) is 5.39 Å². The van der Waals surface area contributed by atoms with Crippen LogP contribution in [0.2, 0.25) is 5.02 Å². The number of hydrogen-bond acceptors (Lipinski definition) is 4. The Morgan fingerprint density at radius 2 is 1.92 bits per heavy atom. The van der Waals surface area contributed by atoms with Gasteiger partial charge in [-0.1, -0.05) is 29.8 Å². The maximum atomic E-state index is 12.4. The van der Waals surface area contributed by atoms with Crippen molar-refractivity contribution in [2.24, 2.45) is 0 Å². The smallest absolute Gasteiger partial charge is 0.362 e. The number of para-hydroxylation sites is 1. The molecule has 0 atom stereocenters. The second-order valence-electron chi connectivity index (χ2n) is 5.13. The predicted molar refractivity (Wildman–Crippen MR) is 96.1 cm³/mol. The Morgan fingerprint density at radius 3 is 2.67 bits per heavy atom. The Bertz CT molecular complexity index is 966. The first kappa shape index (κ1) is 16.1. The molecule has 1 amide bonds. The van der Waals surface area contributed by atoms with E-state index in [1.807, 2.05) is 19.1 Å². The number of carbonyl (C=O) groups excluding carboxylic acids is 1. The Labute approximate surface area is 143 Å².